The SMILES string of the molecule is C=C(C)CCC.C=C(C)Nc1cccc(/C(C)=C/C)c1.C=CC.CC.CC. The lowest BCUT2D eigenvalue weighted by molar-refractivity contribution is 0.910. The van der Waals surface area contributed by atoms with Crippen molar-refractivity contribution in [1.29, 1.82) is 0 Å². The Balaban J connectivity index is -0.000000170. The van der Waals surface area contributed by atoms with Crippen molar-refractivity contribution in [2.45, 2.75) is 82.1 Å². The van der Waals surface area contributed by atoms with Crippen LogP contribution in [0.15, 0.2) is 67.4 Å². The molecule has 0 radical (unpaired) electrons. The maximum Gasteiger partial charge on any atom is 0.0387 e. The summed E-state index contributed by atoms with van der Waals surface area (Å²) >= 11 is 0. The first kappa shape index (κ1) is 32.6. The Bertz CT molecular complexity index is 507. The van der Waals surface area contributed by atoms with Crippen molar-refractivity contribution >= 4 is 11.3 Å². The molecule has 0 aliphatic rings. The summed E-state index contributed by atoms with van der Waals surface area (Å²) in [6.45, 7) is 31.1. The average Bonchev–Trinajstić information content (AvgIpc) is 2.65. The number of hydrogen-bond donors (Lipinski definition) is 1. The number of allylic oxidation sites excluding steroid dienone is 5. The van der Waals surface area contributed by atoms with E-state index >= 15 is 0 Å². The van der Waals surface area contributed by atoms with Gasteiger partial charge in [0.15, 0.2) is 0 Å². The standard InChI is InChI=1S/C13H17N.C6H12.C3H6.2C2H6/c1-5-11(4)12-7-6-8-13(9-12)14-10(2)3;1-4-5-6(2)3;1-3-2;2*1-2/h5-9,14H,2H2,1,3-4H3;2,4-5H2,1,3H3;3H,1H2,2H3;2*1-2H3/b11-5+;;;;. The van der Waals surface area contributed by atoms with Crippen LogP contribution in [-0.2, 0) is 0 Å². The van der Waals surface area contributed by atoms with Crippen molar-refractivity contribution in [3.05, 3.63) is 73.0 Å². The van der Waals surface area contributed by atoms with Crippen LogP contribution in [0.25, 0.3) is 5.57 Å². The van der Waals surface area contributed by atoms with Gasteiger partial charge in [-0.15, -0.1) is 13.2 Å². The lowest BCUT2D eigenvalue weighted by Gasteiger charge is -2.07. The normalized spacial score (nSPS) is 8.59. The lowest BCUT2D eigenvalue weighted by Crippen LogP contribution is -1.93. The van der Waals surface area contributed by atoms with E-state index in [4.69, 9.17) is 0 Å². The van der Waals surface area contributed by atoms with Crippen LogP contribution in [0, 0.1) is 0 Å². The minimum Gasteiger partial charge on any atom is -0.360 e. The average molecular weight is 374 g/mol. The summed E-state index contributed by atoms with van der Waals surface area (Å²) in [5.41, 5.74) is 5.88. The molecule has 0 unspecified atom stereocenters. The molecule has 0 saturated carbocycles. The highest BCUT2D eigenvalue weighted by atomic mass is 14.9. The van der Waals surface area contributed by atoms with Gasteiger partial charge < -0.3 is 5.32 Å². The van der Waals surface area contributed by atoms with E-state index in [-0.39, 0.29) is 0 Å². The van der Waals surface area contributed by atoms with Gasteiger partial charge in [0.25, 0.3) is 0 Å². The highest BCUT2D eigenvalue weighted by molar-refractivity contribution is 5.67. The molecule has 1 N–H and O–H groups in total. The third-order valence-corrected chi connectivity index (χ3v) is 2.79. The van der Waals surface area contributed by atoms with Crippen LogP contribution < -0.4 is 5.32 Å². The second-order valence-corrected chi connectivity index (χ2v) is 5.57. The van der Waals surface area contributed by atoms with E-state index in [0.29, 0.717) is 0 Å². The summed E-state index contributed by atoms with van der Waals surface area (Å²) in [5, 5.41) is 3.20. The molecule has 0 spiro atoms. The maximum absolute atomic E-state index is 3.82. The molecule has 1 nitrogen and oxygen atoms in total. The van der Waals surface area contributed by atoms with Gasteiger partial charge in [0.05, 0.1) is 0 Å². The second-order valence-electron chi connectivity index (χ2n) is 5.57. The number of rotatable bonds is 5. The smallest absolute Gasteiger partial charge is 0.0387 e. The zero-order chi connectivity index (χ0) is 22.3. The van der Waals surface area contributed by atoms with E-state index < -0.39 is 0 Å². The topological polar surface area (TPSA) is 12.0 Å². The molecule has 1 heteroatoms. The Morgan fingerprint density at radius 1 is 1.00 bits per heavy atom. The highest BCUT2D eigenvalue weighted by Gasteiger charge is 1.96. The van der Waals surface area contributed by atoms with Gasteiger partial charge in [0.2, 0.25) is 0 Å². The van der Waals surface area contributed by atoms with E-state index in [1.807, 2.05) is 60.6 Å². The van der Waals surface area contributed by atoms with E-state index in [1.165, 1.54) is 29.6 Å². The molecule has 1 rings (SSSR count). The van der Waals surface area contributed by atoms with Crippen LogP contribution in [-0.4, -0.2) is 0 Å². The molecule has 156 valence electrons. The third-order valence-electron chi connectivity index (χ3n) is 2.79. The number of benzene rings is 1. The van der Waals surface area contributed by atoms with Crippen molar-refractivity contribution in [2.75, 3.05) is 5.32 Å². The van der Waals surface area contributed by atoms with E-state index in [9.17, 15) is 0 Å². The molecule has 0 heterocycles. The van der Waals surface area contributed by atoms with Gasteiger partial charge >= 0.3 is 0 Å². The number of anilines is 1. The monoisotopic (exact) mass is 373 g/mol. The molecule has 0 aromatic heterocycles. The molecule has 0 aliphatic carbocycles. The summed E-state index contributed by atoms with van der Waals surface area (Å²) in [7, 11) is 0. The fourth-order valence-corrected chi connectivity index (χ4v) is 1.68. The number of nitrogens with one attached hydrogen (secondary N) is 1. The van der Waals surface area contributed by atoms with Crippen molar-refractivity contribution in [2.24, 2.45) is 0 Å². The van der Waals surface area contributed by atoms with Crippen LogP contribution in [0.1, 0.15) is 87.6 Å². The predicted octanol–water partition coefficient (Wildman–Crippen LogP) is 9.66. The first-order valence-corrected chi connectivity index (χ1v) is 10.2. The van der Waals surface area contributed by atoms with Crippen LogP contribution in [0.2, 0.25) is 0 Å². The zero-order valence-electron chi connectivity index (χ0n) is 20.0. The molecule has 1 aromatic rings. The largest absolute Gasteiger partial charge is 0.360 e. The molecular weight excluding hydrogens is 326 g/mol. The second kappa shape index (κ2) is 26.2. The molecule has 0 aliphatic heterocycles. The Labute approximate surface area is 172 Å². The van der Waals surface area contributed by atoms with Gasteiger partial charge in [-0.1, -0.05) is 77.5 Å². The van der Waals surface area contributed by atoms with Crippen molar-refractivity contribution in [3.63, 3.8) is 0 Å². The first-order chi connectivity index (χ1) is 12.8. The fraction of sp³-hybridized carbons (Fsp3) is 0.462. The van der Waals surface area contributed by atoms with Crippen LogP contribution in [0.3, 0.4) is 0 Å². The zero-order valence-corrected chi connectivity index (χ0v) is 20.0. The lowest BCUT2D eigenvalue weighted by atomic mass is 10.1. The van der Waals surface area contributed by atoms with Gasteiger partial charge in [-0.25, -0.2) is 0 Å². The summed E-state index contributed by atoms with van der Waals surface area (Å²) in [4.78, 5) is 0. The summed E-state index contributed by atoms with van der Waals surface area (Å²) in [6.07, 6.45) is 6.27. The maximum atomic E-state index is 3.82. The van der Waals surface area contributed by atoms with Crippen molar-refractivity contribution in [3.8, 4) is 0 Å². The molecule has 0 bridgehead atoms. The minimum atomic E-state index is 0.959. The molecule has 0 amide bonds. The van der Waals surface area contributed by atoms with Crippen molar-refractivity contribution < 1.29 is 0 Å². The predicted molar refractivity (Wildman–Crippen MR) is 132 cm³/mol. The Morgan fingerprint density at radius 2 is 1.48 bits per heavy atom. The fourth-order valence-electron chi connectivity index (χ4n) is 1.68. The Hall–Kier alpha value is -2.02. The minimum absolute atomic E-state index is 0.959. The van der Waals surface area contributed by atoms with E-state index in [2.05, 4.69) is 64.0 Å². The quantitative estimate of drug-likeness (QED) is 0.506. The van der Waals surface area contributed by atoms with Crippen LogP contribution in [0.5, 0.6) is 0 Å². The first-order valence-electron chi connectivity index (χ1n) is 10.2. The van der Waals surface area contributed by atoms with Gasteiger partial charge in [0.1, 0.15) is 0 Å². The summed E-state index contributed by atoms with van der Waals surface area (Å²) in [5.74, 6) is 0. The Morgan fingerprint density at radius 3 is 1.78 bits per heavy atom. The third kappa shape index (κ3) is 26.3. The molecule has 27 heavy (non-hydrogen) atoms. The molecule has 1 aromatic carbocycles. The molecular formula is C26H47N. The van der Waals surface area contributed by atoms with Crippen LogP contribution >= 0.6 is 0 Å². The molecule has 0 atom stereocenters. The summed E-state index contributed by atoms with van der Waals surface area (Å²) < 4.78 is 0. The van der Waals surface area contributed by atoms with Gasteiger partial charge in [-0.05, 0) is 64.3 Å². The van der Waals surface area contributed by atoms with Crippen LogP contribution in [0.4, 0.5) is 5.69 Å². The number of hydrogen-bond acceptors (Lipinski definition) is 1. The summed E-state index contributed by atoms with van der Waals surface area (Å²) in [6, 6.07) is 8.33. The highest BCUT2D eigenvalue weighted by Crippen LogP contribution is 2.18. The van der Waals surface area contributed by atoms with E-state index in [0.717, 1.165) is 11.4 Å². The van der Waals surface area contributed by atoms with Gasteiger partial charge in [-0.3, -0.25) is 0 Å². The van der Waals surface area contributed by atoms with Crippen molar-refractivity contribution in [1.82, 2.24) is 0 Å². The van der Waals surface area contributed by atoms with Gasteiger partial charge in [-0.2, -0.15) is 0 Å². The van der Waals surface area contributed by atoms with E-state index in [1.54, 1.807) is 6.08 Å². The van der Waals surface area contributed by atoms with Gasteiger partial charge in [0, 0.05) is 11.4 Å². The molecule has 0 saturated heterocycles. The Kier molecular flexibility index (Phi) is 31.7. The molecule has 0 fully saturated rings.